The molecule has 3 N–H and O–H groups in total. The molecule has 1 aromatic rings. The van der Waals surface area contributed by atoms with Crippen molar-refractivity contribution in [1.29, 1.82) is 0 Å². The van der Waals surface area contributed by atoms with Crippen molar-refractivity contribution in [3.8, 4) is 5.75 Å². The summed E-state index contributed by atoms with van der Waals surface area (Å²) in [4.78, 5) is 0. The van der Waals surface area contributed by atoms with Crippen LogP contribution in [-0.2, 0) is 4.74 Å². The highest BCUT2D eigenvalue weighted by molar-refractivity contribution is 5.68. The standard InChI is InChI=1S/C14H22N2O2/c1-14(2)9-10(6-7-18-14)16-13-8-11(17-3)4-5-12(13)15/h4-5,8,10,16H,6-7,9,15H2,1-3H3. The summed E-state index contributed by atoms with van der Waals surface area (Å²) in [6.45, 7) is 5.03. The molecule has 0 aliphatic carbocycles. The van der Waals surface area contributed by atoms with Crippen LogP contribution in [0.1, 0.15) is 26.7 Å². The van der Waals surface area contributed by atoms with Gasteiger partial charge in [0.05, 0.1) is 24.1 Å². The van der Waals surface area contributed by atoms with E-state index < -0.39 is 0 Å². The molecule has 1 aliphatic rings. The zero-order valence-corrected chi connectivity index (χ0v) is 11.3. The van der Waals surface area contributed by atoms with Crippen LogP contribution in [0.15, 0.2) is 18.2 Å². The summed E-state index contributed by atoms with van der Waals surface area (Å²) >= 11 is 0. The van der Waals surface area contributed by atoms with Crippen LogP contribution >= 0.6 is 0 Å². The SMILES string of the molecule is COc1ccc(N)c(NC2CCOC(C)(C)C2)c1. The van der Waals surface area contributed by atoms with Crippen molar-refractivity contribution in [3.05, 3.63) is 18.2 Å². The van der Waals surface area contributed by atoms with E-state index in [1.54, 1.807) is 7.11 Å². The van der Waals surface area contributed by atoms with E-state index >= 15 is 0 Å². The minimum absolute atomic E-state index is 0.0659. The number of nitrogen functional groups attached to an aromatic ring is 1. The molecule has 1 fully saturated rings. The maximum Gasteiger partial charge on any atom is 0.121 e. The van der Waals surface area contributed by atoms with Crippen LogP contribution in [-0.4, -0.2) is 25.4 Å². The van der Waals surface area contributed by atoms with Crippen molar-refractivity contribution < 1.29 is 9.47 Å². The molecule has 0 saturated carbocycles. The van der Waals surface area contributed by atoms with E-state index in [2.05, 4.69) is 19.2 Å². The molecular formula is C14H22N2O2. The summed E-state index contributed by atoms with van der Waals surface area (Å²) in [5.74, 6) is 0.818. The summed E-state index contributed by atoms with van der Waals surface area (Å²) in [6, 6.07) is 6.07. The molecule has 18 heavy (non-hydrogen) atoms. The van der Waals surface area contributed by atoms with Crippen LogP contribution in [0, 0.1) is 0 Å². The fraction of sp³-hybridized carbons (Fsp3) is 0.571. The third-order valence-electron chi connectivity index (χ3n) is 3.32. The number of methoxy groups -OCH3 is 1. The van der Waals surface area contributed by atoms with Gasteiger partial charge in [-0.3, -0.25) is 0 Å². The first-order chi connectivity index (χ1) is 8.50. The zero-order valence-electron chi connectivity index (χ0n) is 11.3. The van der Waals surface area contributed by atoms with Crippen LogP contribution in [0.2, 0.25) is 0 Å². The average Bonchev–Trinajstić information content (AvgIpc) is 2.31. The van der Waals surface area contributed by atoms with Crippen LogP contribution in [0.5, 0.6) is 5.75 Å². The van der Waals surface area contributed by atoms with Gasteiger partial charge in [-0.2, -0.15) is 0 Å². The Labute approximate surface area is 108 Å². The Morgan fingerprint density at radius 2 is 2.22 bits per heavy atom. The maximum absolute atomic E-state index is 5.98. The number of ether oxygens (including phenoxy) is 2. The van der Waals surface area contributed by atoms with Crippen molar-refractivity contribution in [1.82, 2.24) is 0 Å². The monoisotopic (exact) mass is 250 g/mol. The first-order valence-corrected chi connectivity index (χ1v) is 6.34. The Bertz CT molecular complexity index is 418. The zero-order chi connectivity index (χ0) is 13.2. The molecule has 4 heteroatoms. The molecule has 0 spiro atoms. The molecule has 0 radical (unpaired) electrons. The van der Waals surface area contributed by atoms with Crippen LogP contribution in [0.4, 0.5) is 11.4 Å². The minimum atomic E-state index is -0.0659. The van der Waals surface area contributed by atoms with E-state index in [1.807, 2.05) is 18.2 Å². The van der Waals surface area contributed by atoms with Crippen LogP contribution in [0.3, 0.4) is 0 Å². The second-order valence-corrected chi connectivity index (χ2v) is 5.40. The number of nitrogens with two attached hydrogens (primary N) is 1. The van der Waals surface area contributed by atoms with E-state index in [0.29, 0.717) is 6.04 Å². The third kappa shape index (κ3) is 3.07. The molecule has 1 atom stereocenters. The fourth-order valence-electron chi connectivity index (χ4n) is 2.36. The van der Waals surface area contributed by atoms with Gasteiger partial charge >= 0.3 is 0 Å². The number of rotatable bonds is 3. The Balaban J connectivity index is 2.09. The van der Waals surface area contributed by atoms with E-state index in [0.717, 1.165) is 36.6 Å². The van der Waals surface area contributed by atoms with Crippen LogP contribution < -0.4 is 15.8 Å². The Morgan fingerprint density at radius 3 is 2.89 bits per heavy atom. The maximum atomic E-state index is 5.98. The van der Waals surface area contributed by atoms with Gasteiger partial charge in [-0.25, -0.2) is 0 Å². The van der Waals surface area contributed by atoms with Gasteiger partial charge in [0.25, 0.3) is 0 Å². The molecule has 0 aromatic heterocycles. The molecule has 1 aromatic carbocycles. The number of anilines is 2. The van der Waals surface area contributed by atoms with E-state index in [-0.39, 0.29) is 5.60 Å². The molecule has 0 amide bonds. The van der Waals surface area contributed by atoms with Crippen molar-refractivity contribution in [3.63, 3.8) is 0 Å². The lowest BCUT2D eigenvalue weighted by Gasteiger charge is -2.36. The van der Waals surface area contributed by atoms with Gasteiger partial charge in [0.1, 0.15) is 5.75 Å². The van der Waals surface area contributed by atoms with E-state index in [1.165, 1.54) is 0 Å². The van der Waals surface area contributed by atoms with Crippen molar-refractivity contribution >= 4 is 11.4 Å². The average molecular weight is 250 g/mol. The molecule has 2 rings (SSSR count). The molecule has 100 valence electrons. The summed E-state index contributed by atoms with van der Waals surface area (Å²) in [5.41, 5.74) is 7.61. The molecule has 1 aliphatic heterocycles. The normalized spacial score (nSPS) is 22.5. The van der Waals surface area contributed by atoms with Gasteiger partial charge in [-0.15, -0.1) is 0 Å². The first-order valence-electron chi connectivity index (χ1n) is 6.34. The van der Waals surface area contributed by atoms with E-state index in [4.69, 9.17) is 15.2 Å². The van der Waals surface area contributed by atoms with Crippen LogP contribution in [0.25, 0.3) is 0 Å². The molecular weight excluding hydrogens is 228 g/mol. The summed E-state index contributed by atoms with van der Waals surface area (Å²) < 4.78 is 10.9. The van der Waals surface area contributed by atoms with Gasteiger partial charge in [-0.05, 0) is 38.8 Å². The van der Waals surface area contributed by atoms with Crippen molar-refractivity contribution in [2.75, 3.05) is 24.8 Å². The second-order valence-electron chi connectivity index (χ2n) is 5.40. The Morgan fingerprint density at radius 1 is 1.44 bits per heavy atom. The minimum Gasteiger partial charge on any atom is -0.497 e. The van der Waals surface area contributed by atoms with Gasteiger partial charge in [-0.1, -0.05) is 0 Å². The number of hydrogen-bond acceptors (Lipinski definition) is 4. The summed E-state index contributed by atoms with van der Waals surface area (Å²) in [5, 5.41) is 3.49. The van der Waals surface area contributed by atoms with Gasteiger partial charge < -0.3 is 20.5 Å². The first kappa shape index (κ1) is 13.0. The third-order valence-corrected chi connectivity index (χ3v) is 3.32. The number of nitrogens with one attached hydrogen (secondary N) is 1. The molecule has 1 saturated heterocycles. The van der Waals surface area contributed by atoms with Gasteiger partial charge in [0, 0.05) is 18.7 Å². The quantitative estimate of drug-likeness (QED) is 0.810. The number of benzene rings is 1. The fourth-order valence-corrected chi connectivity index (χ4v) is 2.36. The van der Waals surface area contributed by atoms with E-state index in [9.17, 15) is 0 Å². The summed E-state index contributed by atoms with van der Waals surface area (Å²) in [7, 11) is 1.66. The second kappa shape index (κ2) is 5.06. The van der Waals surface area contributed by atoms with Crippen molar-refractivity contribution in [2.45, 2.75) is 38.3 Å². The predicted octanol–water partition coefficient (Wildman–Crippen LogP) is 2.65. The Kier molecular flexibility index (Phi) is 3.66. The topological polar surface area (TPSA) is 56.5 Å². The molecule has 1 unspecified atom stereocenters. The highest BCUT2D eigenvalue weighted by Gasteiger charge is 2.28. The smallest absolute Gasteiger partial charge is 0.121 e. The molecule has 0 bridgehead atoms. The predicted molar refractivity (Wildman–Crippen MR) is 74.1 cm³/mol. The largest absolute Gasteiger partial charge is 0.497 e. The molecule has 1 heterocycles. The Hall–Kier alpha value is -1.42. The molecule has 4 nitrogen and oxygen atoms in total. The highest BCUT2D eigenvalue weighted by atomic mass is 16.5. The summed E-state index contributed by atoms with van der Waals surface area (Å²) in [6.07, 6.45) is 1.98. The van der Waals surface area contributed by atoms with Crippen molar-refractivity contribution in [2.24, 2.45) is 0 Å². The van der Waals surface area contributed by atoms with Gasteiger partial charge in [0.2, 0.25) is 0 Å². The lowest BCUT2D eigenvalue weighted by atomic mass is 9.93. The van der Waals surface area contributed by atoms with Gasteiger partial charge in [0.15, 0.2) is 0 Å². The lowest BCUT2D eigenvalue weighted by molar-refractivity contribution is -0.0553. The highest BCUT2D eigenvalue weighted by Crippen LogP contribution is 2.30. The number of hydrogen-bond donors (Lipinski definition) is 2. The lowest BCUT2D eigenvalue weighted by Crippen LogP contribution is -2.40.